The Morgan fingerprint density at radius 3 is 2.67 bits per heavy atom. The summed E-state index contributed by atoms with van der Waals surface area (Å²) in [6, 6.07) is 16.6. The van der Waals surface area contributed by atoms with Gasteiger partial charge in [-0.25, -0.2) is 4.98 Å². The Morgan fingerprint density at radius 1 is 1.00 bits per heavy atom. The lowest BCUT2D eigenvalue weighted by Crippen LogP contribution is -1.91. The highest BCUT2D eigenvalue weighted by Crippen LogP contribution is 2.31. The molecule has 0 aliphatic rings. The number of nitrogens with one attached hydrogen (secondary N) is 1. The number of anilines is 2. The first-order chi connectivity index (χ1) is 13.2. The average Bonchev–Trinajstić information content (AvgIpc) is 3.33. The van der Waals surface area contributed by atoms with Crippen molar-refractivity contribution in [3.8, 4) is 10.6 Å². The number of aromatic nitrogens is 3. The van der Waals surface area contributed by atoms with Crippen LogP contribution in [-0.2, 0) is 5.75 Å². The molecule has 0 amide bonds. The van der Waals surface area contributed by atoms with Crippen LogP contribution < -0.4 is 5.32 Å². The number of benzene rings is 2. The zero-order valence-corrected chi connectivity index (χ0v) is 17.4. The van der Waals surface area contributed by atoms with E-state index in [-0.39, 0.29) is 0 Å². The van der Waals surface area contributed by atoms with E-state index in [0.29, 0.717) is 0 Å². The highest BCUT2D eigenvalue weighted by atomic mass is 32.2. The van der Waals surface area contributed by atoms with Crippen LogP contribution in [-0.4, -0.2) is 15.2 Å². The van der Waals surface area contributed by atoms with Gasteiger partial charge in [-0.1, -0.05) is 59.5 Å². The van der Waals surface area contributed by atoms with Crippen molar-refractivity contribution >= 4 is 45.3 Å². The summed E-state index contributed by atoms with van der Waals surface area (Å²) in [5.74, 6) is 0.793. The Balaban J connectivity index is 1.37. The first-order valence-electron chi connectivity index (χ1n) is 8.48. The number of nitrogens with zero attached hydrogens (tertiary/aromatic N) is 3. The minimum absolute atomic E-state index is 0.793. The highest BCUT2D eigenvalue weighted by molar-refractivity contribution is 8.00. The van der Waals surface area contributed by atoms with Gasteiger partial charge in [0.25, 0.3) is 0 Å². The van der Waals surface area contributed by atoms with E-state index in [1.807, 2.05) is 18.2 Å². The lowest BCUT2D eigenvalue weighted by atomic mass is 10.1. The number of hydrogen-bond donors (Lipinski definition) is 1. The van der Waals surface area contributed by atoms with Gasteiger partial charge in [-0.15, -0.1) is 21.5 Å². The third-order valence-corrected chi connectivity index (χ3v) is 7.03. The van der Waals surface area contributed by atoms with Gasteiger partial charge >= 0.3 is 0 Å². The molecule has 2 aromatic carbocycles. The van der Waals surface area contributed by atoms with Crippen LogP contribution in [0.15, 0.2) is 58.3 Å². The summed E-state index contributed by atoms with van der Waals surface area (Å²) in [6.07, 6.45) is 0. The van der Waals surface area contributed by atoms with E-state index in [0.717, 1.165) is 37.2 Å². The molecular weight excluding hydrogens is 392 g/mol. The molecule has 1 N–H and O–H groups in total. The minimum atomic E-state index is 0.793. The fourth-order valence-corrected chi connectivity index (χ4v) is 5.08. The van der Waals surface area contributed by atoms with E-state index < -0.39 is 0 Å². The van der Waals surface area contributed by atoms with Crippen molar-refractivity contribution in [1.82, 2.24) is 15.2 Å². The molecule has 0 aliphatic heterocycles. The maximum atomic E-state index is 4.73. The third-order valence-electron chi connectivity index (χ3n) is 4.08. The Kier molecular flexibility index (Phi) is 5.52. The van der Waals surface area contributed by atoms with E-state index in [2.05, 4.69) is 65.1 Å². The van der Waals surface area contributed by atoms with Crippen LogP contribution in [0, 0.1) is 13.8 Å². The van der Waals surface area contributed by atoms with Crippen LogP contribution in [0.4, 0.5) is 10.8 Å². The maximum absolute atomic E-state index is 4.73. The topological polar surface area (TPSA) is 50.7 Å². The standard InChI is InChI=1S/C20H18N4S3/c1-13-8-9-16(10-14(13)2)22-19-23-24-20(27-19)26-12-17-11-25-18(21-17)15-6-4-3-5-7-15/h3-11H,12H2,1-2H3,(H,22,23). The molecule has 0 unspecified atom stereocenters. The average molecular weight is 411 g/mol. The maximum Gasteiger partial charge on any atom is 0.210 e. The van der Waals surface area contributed by atoms with Gasteiger partial charge in [0, 0.05) is 22.4 Å². The summed E-state index contributed by atoms with van der Waals surface area (Å²) >= 11 is 4.91. The van der Waals surface area contributed by atoms with Gasteiger partial charge in [-0.05, 0) is 37.1 Å². The highest BCUT2D eigenvalue weighted by Gasteiger charge is 2.09. The second-order valence-corrected chi connectivity index (χ2v) is 9.15. The van der Waals surface area contributed by atoms with Gasteiger partial charge in [0.15, 0.2) is 4.34 Å². The molecule has 27 heavy (non-hydrogen) atoms. The summed E-state index contributed by atoms with van der Waals surface area (Å²) in [4.78, 5) is 4.73. The Bertz CT molecular complexity index is 1040. The monoisotopic (exact) mass is 410 g/mol. The molecule has 0 spiro atoms. The minimum Gasteiger partial charge on any atom is -0.330 e. The van der Waals surface area contributed by atoms with Crippen LogP contribution in [0.2, 0.25) is 0 Å². The molecule has 0 saturated heterocycles. The Hall–Kier alpha value is -2.22. The van der Waals surface area contributed by atoms with Crippen molar-refractivity contribution in [2.75, 3.05) is 5.32 Å². The van der Waals surface area contributed by atoms with Gasteiger partial charge < -0.3 is 5.32 Å². The lowest BCUT2D eigenvalue weighted by Gasteiger charge is -2.05. The number of thiazole rings is 1. The molecule has 0 bridgehead atoms. The summed E-state index contributed by atoms with van der Waals surface area (Å²) in [6.45, 7) is 4.22. The van der Waals surface area contributed by atoms with E-state index in [4.69, 9.17) is 4.98 Å². The van der Waals surface area contributed by atoms with E-state index >= 15 is 0 Å². The van der Waals surface area contributed by atoms with Gasteiger partial charge in [-0.3, -0.25) is 0 Å². The largest absolute Gasteiger partial charge is 0.330 e. The van der Waals surface area contributed by atoms with Crippen molar-refractivity contribution in [3.05, 3.63) is 70.7 Å². The molecule has 136 valence electrons. The van der Waals surface area contributed by atoms with E-state index in [9.17, 15) is 0 Å². The van der Waals surface area contributed by atoms with E-state index in [1.165, 1.54) is 11.1 Å². The number of rotatable bonds is 6. The zero-order chi connectivity index (χ0) is 18.6. The predicted octanol–water partition coefficient (Wildman–Crippen LogP) is 6.31. The molecule has 0 fully saturated rings. The Labute approximate surface area is 170 Å². The van der Waals surface area contributed by atoms with Gasteiger partial charge in [0.05, 0.1) is 5.69 Å². The molecule has 2 aromatic heterocycles. The van der Waals surface area contributed by atoms with Crippen molar-refractivity contribution in [2.45, 2.75) is 23.9 Å². The van der Waals surface area contributed by atoms with Crippen LogP contribution >= 0.6 is 34.4 Å². The lowest BCUT2D eigenvalue weighted by molar-refractivity contribution is 1.01. The first-order valence-corrected chi connectivity index (χ1v) is 11.2. The fourth-order valence-electron chi connectivity index (χ4n) is 2.48. The normalized spacial score (nSPS) is 10.9. The van der Waals surface area contributed by atoms with Gasteiger partial charge in [0.1, 0.15) is 5.01 Å². The van der Waals surface area contributed by atoms with Crippen LogP contribution in [0.25, 0.3) is 10.6 Å². The molecule has 4 aromatic rings. The van der Waals surface area contributed by atoms with Crippen molar-refractivity contribution < 1.29 is 0 Å². The van der Waals surface area contributed by atoms with Crippen LogP contribution in [0.5, 0.6) is 0 Å². The predicted molar refractivity (Wildman–Crippen MR) is 116 cm³/mol. The molecule has 4 rings (SSSR count). The Morgan fingerprint density at radius 2 is 1.85 bits per heavy atom. The molecule has 0 radical (unpaired) electrons. The smallest absolute Gasteiger partial charge is 0.210 e. The van der Waals surface area contributed by atoms with E-state index in [1.54, 1.807) is 34.4 Å². The SMILES string of the molecule is Cc1ccc(Nc2nnc(SCc3csc(-c4ccccc4)n3)s2)cc1C. The van der Waals surface area contributed by atoms with Crippen molar-refractivity contribution in [2.24, 2.45) is 0 Å². The van der Waals surface area contributed by atoms with Crippen LogP contribution in [0.1, 0.15) is 16.8 Å². The summed E-state index contributed by atoms with van der Waals surface area (Å²) in [5, 5.41) is 15.8. The fraction of sp³-hybridized carbons (Fsp3) is 0.150. The quantitative estimate of drug-likeness (QED) is 0.377. The first kappa shape index (κ1) is 18.2. The zero-order valence-electron chi connectivity index (χ0n) is 15.0. The molecular formula is C20H18N4S3. The number of thioether (sulfide) groups is 1. The van der Waals surface area contributed by atoms with Crippen molar-refractivity contribution in [3.63, 3.8) is 0 Å². The summed E-state index contributed by atoms with van der Waals surface area (Å²) < 4.78 is 0.940. The third kappa shape index (κ3) is 4.55. The molecule has 0 saturated carbocycles. The van der Waals surface area contributed by atoms with Gasteiger partial charge in [-0.2, -0.15) is 0 Å². The van der Waals surface area contributed by atoms with Crippen molar-refractivity contribution in [1.29, 1.82) is 0 Å². The number of aryl methyl sites for hydroxylation is 2. The molecule has 4 nitrogen and oxygen atoms in total. The molecule has 0 atom stereocenters. The number of hydrogen-bond acceptors (Lipinski definition) is 7. The second-order valence-electron chi connectivity index (χ2n) is 6.10. The molecule has 7 heteroatoms. The summed E-state index contributed by atoms with van der Waals surface area (Å²) in [7, 11) is 0. The molecule has 2 heterocycles. The van der Waals surface area contributed by atoms with Crippen LogP contribution in [0.3, 0.4) is 0 Å². The molecule has 0 aliphatic carbocycles. The summed E-state index contributed by atoms with van der Waals surface area (Å²) in [5.41, 5.74) is 5.82. The second kappa shape index (κ2) is 8.21. The van der Waals surface area contributed by atoms with Gasteiger partial charge in [0.2, 0.25) is 5.13 Å².